The van der Waals surface area contributed by atoms with Crippen LogP contribution in [-0.2, 0) is 22.6 Å². The first-order valence-electron chi connectivity index (χ1n) is 9.29. The molecule has 0 aromatic carbocycles. The number of furan rings is 1. The highest BCUT2D eigenvalue weighted by Gasteiger charge is 2.43. The second-order valence-corrected chi connectivity index (χ2v) is 6.99. The van der Waals surface area contributed by atoms with Crippen molar-refractivity contribution in [2.45, 2.75) is 57.5 Å². The smallest absolute Gasteiger partial charge is 0.118 e. The highest BCUT2D eigenvalue weighted by Crippen LogP contribution is 2.33. The molecule has 0 unspecified atom stereocenters. The Hall–Kier alpha value is -1.63. The summed E-state index contributed by atoms with van der Waals surface area (Å²) in [4.78, 5) is 2.50. The standard InChI is InChI=1S/C19H27N3O3/c1-15-4-5-16(25-15)14-21-11-13-24-19-17(21)6-7-18(19)23-12-3-10-22-9-2-8-20-22/h2,4-5,8-9,17-19H,3,6-7,10-14H2,1H3/t17-,18+,19+/m1/s1. The number of fused-ring (bicyclic) bond motifs is 1. The largest absolute Gasteiger partial charge is 0.465 e. The van der Waals surface area contributed by atoms with Crippen molar-refractivity contribution in [2.24, 2.45) is 0 Å². The lowest BCUT2D eigenvalue weighted by molar-refractivity contribution is -0.116. The van der Waals surface area contributed by atoms with Gasteiger partial charge in [-0.3, -0.25) is 9.58 Å². The van der Waals surface area contributed by atoms with Crippen LogP contribution in [0, 0.1) is 6.92 Å². The van der Waals surface area contributed by atoms with Crippen molar-refractivity contribution in [1.82, 2.24) is 14.7 Å². The summed E-state index contributed by atoms with van der Waals surface area (Å²) in [7, 11) is 0. The quantitative estimate of drug-likeness (QED) is 0.722. The lowest BCUT2D eigenvalue weighted by atomic mass is 10.1. The van der Waals surface area contributed by atoms with Crippen molar-refractivity contribution < 1.29 is 13.9 Å². The predicted octanol–water partition coefficient (Wildman–Crippen LogP) is 2.62. The van der Waals surface area contributed by atoms with Gasteiger partial charge >= 0.3 is 0 Å². The van der Waals surface area contributed by atoms with Crippen LogP contribution in [0.15, 0.2) is 35.0 Å². The zero-order valence-corrected chi connectivity index (χ0v) is 14.8. The molecule has 1 aliphatic heterocycles. The lowest BCUT2D eigenvalue weighted by Crippen LogP contribution is -2.51. The highest BCUT2D eigenvalue weighted by atomic mass is 16.5. The number of aryl methyl sites for hydroxylation is 2. The number of morpholine rings is 1. The molecule has 0 N–H and O–H groups in total. The van der Waals surface area contributed by atoms with E-state index in [2.05, 4.69) is 16.1 Å². The van der Waals surface area contributed by atoms with Crippen molar-refractivity contribution in [3.05, 3.63) is 42.1 Å². The van der Waals surface area contributed by atoms with E-state index >= 15 is 0 Å². The van der Waals surface area contributed by atoms with E-state index in [1.807, 2.05) is 36.1 Å². The molecule has 0 spiro atoms. The first kappa shape index (κ1) is 16.8. The van der Waals surface area contributed by atoms with Gasteiger partial charge in [0.05, 0.1) is 25.4 Å². The van der Waals surface area contributed by atoms with Gasteiger partial charge < -0.3 is 13.9 Å². The summed E-state index contributed by atoms with van der Waals surface area (Å²) >= 11 is 0. The number of hydrogen-bond donors (Lipinski definition) is 0. The molecule has 3 heterocycles. The van der Waals surface area contributed by atoms with E-state index in [0.29, 0.717) is 6.04 Å². The van der Waals surface area contributed by atoms with E-state index in [-0.39, 0.29) is 12.2 Å². The molecule has 136 valence electrons. The maximum Gasteiger partial charge on any atom is 0.118 e. The number of ether oxygens (including phenoxy) is 2. The van der Waals surface area contributed by atoms with Gasteiger partial charge in [0.15, 0.2) is 0 Å². The Morgan fingerprint density at radius 2 is 2.28 bits per heavy atom. The number of nitrogens with zero attached hydrogens (tertiary/aromatic N) is 3. The summed E-state index contributed by atoms with van der Waals surface area (Å²) in [5.74, 6) is 2.02. The second-order valence-electron chi connectivity index (χ2n) is 6.99. The molecule has 6 heteroatoms. The van der Waals surface area contributed by atoms with Gasteiger partial charge in [-0.25, -0.2) is 0 Å². The van der Waals surface area contributed by atoms with E-state index in [1.165, 1.54) is 0 Å². The van der Waals surface area contributed by atoms with Gasteiger partial charge in [-0.1, -0.05) is 0 Å². The van der Waals surface area contributed by atoms with Crippen molar-refractivity contribution in [1.29, 1.82) is 0 Å². The van der Waals surface area contributed by atoms with Crippen LogP contribution in [-0.4, -0.2) is 52.7 Å². The zero-order chi connectivity index (χ0) is 17.1. The molecule has 1 saturated heterocycles. The molecule has 3 atom stereocenters. The van der Waals surface area contributed by atoms with Gasteiger partial charge in [-0.2, -0.15) is 5.10 Å². The van der Waals surface area contributed by atoms with Gasteiger partial charge in [0, 0.05) is 38.1 Å². The Morgan fingerprint density at radius 1 is 1.32 bits per heavy atom. The Morgan fingerprint density at radius 3 is 3.08 bits per heavy atom. The van der Waals surface area contributed by atoms with Gasteiger partial charge in [0.2, 0.25) is 0 Å². The normalized spacial score (nSPS) is 26.8. The molecule has 0 radical (unpaired) electrons. The fraction of sp³-hybridized carbons (Fsp3) is 0.632. The molecule has 1 saturated carbocycles. The fourth-order valence-electron chi connectivity index (χ4n) is 4.03. The van der Waals surface area contributed by atoms with Crippen LogP contribution in [0.1, 0.15) is 30.8 Å². The first-order chi connectivity index (χ1) is 12.3. The second kappa shape index (κ2) is 7.72. The minimum absolute atomic E-state index is 0.189. The van der Waals surface area contributed by atoms with Crippen molar-refractivity contribution in [3.63, 3.8) is 0 Å². The Bertz CT molecular complexity index is 655. The number of hydrogen-bond acceptors (Lipinski definition) is 5. The summed E-state index contributed by atoms with van der Waals surface area (Å²) in [6.45, 7) is 6.26. The molecule has 25 heavy (non-hydrogen) atoms. The summed E-state index contributed by atoms with van der Waals surface area (Å²) < 4.78 is 19.9. The van der Waals surface area contributed by atoms with Crippen LogP contribution >= 0.6 is 0 Å². The molecule has 2 fully saturated rings. The number of rotatable bonds is 7. The van der Waals surface area contributed by atoms with Crippen molar-refractivity contribution in [2.75, 3.05) is 19.8 Å². The third kappa shape index (κ3) is 3.97. The van der Waals surface area contributed by atoms with Crippen LogP contribution in [0.4, 0.5) is 0 Å². The minimum Gasteiger partial charge on any atom is -0.465 e. The van der Waals surface area contributed by atoms with Gasteiger partial charge in [-0.15, -0.1) is 0 Å². The monoisotopic (exact) mass is 345 g/mol. The average molecular weight is 345 g/mol. The van der Waals surface area contributed by atoms with Gasteiger partial charge in [0.1, 0.15) is 11.5 Å². The summed E-state index contributed by atoms with van der Waals surface area (Å²) in [6, 6.07) is 6.51. The number of aromatic nitrogens is 2. The van der Waals surface area contributed by atoms with Crippen molar-refractivity contribution >= 4 is 0 Å². The third-order valence-electron chi connectivity index (χ3n) is 5.23. The van der Waals surface area contributed by atoms with E-state index in [9.17, 15) is 0 Å². The van der Waals surface area contributed by atoms with E-state index in [4.69, 9.17) is 13.9 Å². The topological polar surface area (TPSA) is 52.7 Å². The zero-order valence-electron chi connectivity index (χ0n) is 14.8. The van der Waals surface area contributed by atoms with E-state index in [0.717, 1.165) is 63.6 Å². The maximum absolute atomic E-state index is 6.16. The molecule has 0 bridgehead atoms. The first-order valence-corrected chi connectivity index (χ1v) is 9.29. The Balaban J connectivity index is 1.27. The van der Waals surface area contributed by atoms with Crippen LogP contribution in [0.2, 0.25) is 0 Å². The third-order valence-corrected chi connectivity index (χ3v) is 5.23. The Kier molecular flexibility index (Phi) is 5.20. The predicted molar refractivity (Wildman–Crippen MR) is 93.2 cm³/mol. The summed E-state index contributed by atoms with van der Waals surface area (Å²) in [6.07, 6.45) is 7.39. The lowest BCUT2D eigenvalue weighted by Gasteiger charge is -2.38. The maximum atomic E-state index is 6.16. The van der Waals surface area contributed by atoms with Crippen LogP contribution < -0.4 is 0 Å². The molecule has 2 aromatic rings. The van der Waals surface area contributed by atoms with Gasteiger partial charge in [-0.05, 0) is 44.4 Å². The molecule has 0 amide bonds. The molecular weight excluding hydrogens is 318 g/mol. The molecule has 1 aliphatic carbocycles. The SMILES string of the molecule is Cc1ccc(CN2CCO[C@@H]3[C@@H](OCCCn4cccn4)CC[C@H]32)o1. The van der Waals surface area contributed by atoms with Crippen molar-refractivity contribution in [3.8, 4) is 0 Å². The molecule has 2 aliphatic rings. The Labute approximate surface area is 148 Å². The summed E-state index contributed by atoms with van der Waals surface area (Å²) in [5.41, 5.74) is 0. The molecular formula is C19H27N3O3. The van der Waals surface area contributed by atoms with Gasteiger partial charge in [0.25, 0.3) is 0 Å². The fourth-order valence-corrected chi connectivity index (χ4v) is 4.03. The van der Waals surface area contributed by atoms with Crippen LogP contribution in [0.3, 0.4) is 0 Å². The molecule has 6 nitrogen and oxygen atoms in total. The molecule has 4 rings (SSSR count). The van der Waals surface area contributed by atoms with E-state index in [1.54, 1.807) is 0 Å². The molecule has 2 aromatic heterocycles. The van der Waals surface area contributed by atoms with Crippen LogP contribution in [0.5, 0.6) is 0 Å². The van der Waals surface area contributed by atoms with Crippen LogP contribution in [0.25, 0.3) is 0 Å². The highest BCUT2D eigenvalue weighted by molar-refractivity contribution is 5.07. The van der Waals surface area contributed by atoms with E-state index < -0.39 is 0 Å². The minimum atomic E-state index is 0.189. The average Bonchev–Trinajstić information content (AvgIpc) is 3.34. The summed E-state index contributed by atoms with van der Waals surface area (Å²) in [5, 5.41) is 4.22.